The fourth-order valence-corrected chi connectivity index (χ4v) is 7.49. The fraction of sp³-hybridized carbons (Fsp3) is 0. The normalized spacial score (nSPS) is 13.2. The molecule has 0 aliphatic heterocycles. The number of hydrogen-bond acceptors (Lipinski definition) is 15. The topological polar surface area (TPSA) is 339 Å². The van der Waals surface area contributed by atoms with Crippen LogP contribution in [0.25, 0.3) is 21.5 Å². The summed E-state index contributed by atoms with van der Waals surface area (Å²) in [7, 11) is -20.5. The van der Waals surface area contributed by atoms with E-state index in [1.165, 1.54) is 24.3 Å². The van der Waals surface area contributed by atoms with Crippen LogP contribution in [0.3, 0.4) is 0 Å². The lowest BCUT2D eigenvalue weighted by molar-refractivity contribution is 0.472. The Morgan fingerprint density at radius 1 is 0.531 bits per heavy atom. The van der Waals surface area contributed by atoms with E-state index in [1.54, 1.807) is 6.07 Å². The zero-order valence-electron chi connectivity index (χ0n) is 23.9. The fourth-order valence-electron chi connectivity index (χ4n) is 4.72. The standard InChI is InChI=1S/C26H20N6O13S4/c27-14-6-8-18(46(34,35)36)17(11-14)30-32-24-20(48(40,41)42)10-13-9-19(47(37,38)39)23(22(28)21(13)25(24)33)31-29-16-7-5-12-3-1-2-4-15(12)26(16)49(43,44)45/h1-11,33H,27-28H2,(H,34,35,36)(H,37,38,39)(H,40,41,42)(H,43,44,45). The Bertz CT molecular complexity index is 2750. The van der Waals surface area contributed by atoms with Crippen LogP contribution in [0.4, 0.5) is 34.1 Å². The lowest BCUT2D eigenvalue weighted by atomic mass is 10.1. The van der Waals surface area contributed by atoms with E-state index in [4.69, 9.17) is 11.5 Å². The first-order chi connectivity index (χ1) is 22.6. The van der Waals surface area contributed by atoms with Crippen molar-refractivity contribution < 1.29 is 57.0 Å². The van der Waals surface area contributed by atoms with Crippen molar-refractivity contribution in [3.63, 3.8) is 0 Å². The zero-order chi connectivity index (χ0) is 36.3. The largest absolute Gasteiger partial charge is 0.505 e. The average Bonchev–Trinajstić information content (AvgIpc) is 2.97. The van der Waals surface area contributed by atoms with Gasteiger partial charge in [0.1, 0.15) is 42.3 Å². The third-order valence-corrected chi connectivity index (χ3v) is 10.3. The summed E-state index contributed by atoms with van der Waals surface area (Å²) in [5.74, 6) is -1.20. The highest BCUT2D eigenvalue weighted by Crippen LogP contribution is 2.48. The molecule has 5 aromatic carbocycles. The Morgan fingerprint density at radius 2 is 1.08 bits per heavy atom. The van der Waals surface area contributed by atoms with E-state index >= 15 is 0 Å². The number of nitrogen functional groups attached to an aromatic ring is 2. The molecule has 0 bridgehead atoms. The number of aromatic hydroxyl groups is 1. The third-order valence-electron chi connectivity index (χ3n) is 6.76. The number of phenolic OH excluding ortho intramolecular Hbond substituents is 1. The third kappa shape index (κ3) is 6.90. The summed E-state index contributed by atoms with van der Waals surface area (Å²) in [6.07, 6.45) is 0. The number of azo groups is 2. The molecule has 49 heavy (non-hydrogen) atoms. The van der Waals surface area contributed by atoms with Gasteiger partial charge in [0.15, 0.2) is 5.75 Å². The lowest BCUT2D eigenvalue weighted by Crippen LogP contribution is -2.04. The maximum atomic E-state index is 12.4. The van der Waals surface area contributed by atoms with Crippen LogP contribution in [-0.4, -0.2) is 57.0 Å². The lowest BCUT2D eigenvalue weighted by Gasteiger charge is -2.14. The van der Waals surface area contributed by atoms with Crippen molar-refractivity contribution in [1.82, 2.24) is 0 Å². The molecule has 0 aliphatic rings. The van der Waals surface area contributed by atoms with Crippen molar-refractivity contribution in [3.05, 3.63) is 66.7 Å². The average molecular weight is 753 g/mol. The van der Waals surface area contributed by atoms with E-state index in [1.807, 2.05) is 0 Å². The summed E-state index contributed by atoms with van der Waals surface area (Å²) < 4.78 is 137. The Balaban J connectivity index is 1.82. The summed E-state index contributed by atoms with van der Waals surface area (Å²) in [6.45, 7) is 0. The molecule has 0 saturated heterocycles. The zero-order valence-corrected chi connectivity index (χ0v) is 27.2. The van der Waals surface area contributed by atoms with Gasteiger partial charge in [0, 0.05) is 11.1 Å². The number of fused-ring (bicyclic) bond motifs is 2. The molecular formula is C26H20N6O13S4. The Morgan fingerprint density at radius 3 is 1.67 bits per heavy atom. The number of nitrogens with zero attached hydrogens (tertiary/aromatic N) is 4. The second-order valence-corrected chi connectivity index (χ2v) is 15.5. The van der Waals surface area contributed by atoms with E-state index in [-0.39, 0.29) is 11.1 Å². The Labute approximate surface area is 276 Å². The van der Waals surface area contributed by atoms with E-state index in [9.17, 15) is 57.0 Å². The molecular weight excluding hydrogens is 733 g/mol. The van der Waals surface area contributed by atoms with Gasteiger partial charge >= 0.3 is 0 Å². The van der Waals surface area contributed by atoms with Crippen LogP contribution in [0, 0.1) is 0 Å². The number of rotatable bonds is 8. The van der Waals surface area contributed by atoms with Gasteiger partial charge in [-0.2, -0.15) is 33.7 Å². The van der Waals surface area contributed by atoms with Crippen molar-refractivity contribution in [2.45, 2.75) is 19.6 Å². The smallest absolute Gasteiger partial charge is 0.297 e. The monoisotopic (exact) mass is 752 g/mol. The van der Waals surface area contributed by atoms with Crippen LogP contribution in [0.5, 0.6) is 5.75 Å². The summed E-state index contributed by atoms with van der Waals surface area (Å²) in [5.41, 5.74) is 7.76. The van der Waals surface area contributed by atoms with Crippen LogP contribution in [-0.2, 0) is 40.5 Å². The first-order valence-electron chi connectivity index (χ1n) is 12.9. The van der Waals surface area contributed by atoms with Gasteiger partial charge in [-0.1, -0.05) is 30.3 Å². The van der Waals surface area contributed by atoms with Crippen LogP contribution in [0.15, 0.2) is 107 Å². The second-order valence-electron chi connectivity index (χ2n) is 9.97. The van der Waals surface area contributed by atoms with Gasteiger partial charge in [0.2, 0.25) is 0 Å². The minimum Gasteiger partial charge on any atom is -0.505 e. The Hall–Kier alpha value is -5.14. The SMILES string of the molecule is Nc1ccc(S(=O)(=O)O)c(N=Nc2c(S(=O)(=O)O)cc3cc(S(=O)(=O)O)c(N=Nc4ccc5ccccc5c4S(=O)(=O)O)c(N)c3c2O)c1. The molecule has 19 nitrogen and oxygen atoms in total. The molecule has 0 unspecified atom stereocenters. The van der Waals surface area contributed by atoms with Crippen LogP contribution in [0.2, 0.25) is 0 Å². The van der Waals surface area contributed by atoms with Gasteiger partial charge in [-0.15, -0.1) is 20.5 Å². The number of anilines is 2. The highest BCUT2D eigenvalue weighted by molar-refractivity contribution is 7.86. The first-order valence-corrected chi connectivity index (χ1v) is 18.6. The van der Waals surface area contributed by atoms with Gasteiger partial charge in [-0.05, 0) is 47.2 Å². The molecule has 0 amide bonds. The van der Waals surface area contributed by atoms with Gasteiger partial charge < -0.3 is 16.6 Å². The predicted octanol–water partition coefficient (Wildman–Crippen LogP) is 4.68. The highest BCUT2D eigenvalue weighted by Gasteiger charge is 2.29. The van der Waals surface area contributed by atoms with E-state index in [2.05, 4.69) is 20.5 Å². The van der Waals surface area contributed by atoms with Crippen molar-refractivity contribution in [2.75, 3.05) is 11.5 Å². The molecule has 0 aromatic heterocycles. The maximum absolute atomic E-state index is 12.4. The predicted molar refractivity (Wildman–Crippen MR) is 172 cm³/mol. The molecule has 0 atom stereocenters. The van der Waals surface area contributed by atoms with Crippen molar-refractivity contribution in [3.8, 4) is 5.75 Å². The summed E-state index contributed by atoms with van der Waals surface area (Å²) in [4.78, 5) is -3.89. The number of nitrogens with two attached hydrogens (primary N) is 2. The van der Waals surface area contributed by atoms with Gasteiger partial charge in [0.05, 0.1) is 11.1 Å². The molecule has 9 N–H and O–H groups in total. The van der Waals surface area contributed by atoms with Gasteiger partial charge in [0.25, 0.3) is 40.5 Å². The molecule has 0 radical (unpaired) electrons. The van der Waals surface area contributed by atoms with Crippen LogP contribution in [0.1, 0.15) is 0 Å². The number of phenols is 1. The molecule has 0 aliphatic carbocycles. The van der Waals surface area contributed by atoms with Gasteiger partial charge in [-0.3, -0.25) is 18.2 Å². The quantitative estimate of drug-likeness (QED) is 0.0642. The number of hydrogen-bond donors (Lipinski definition) is 7. The summed E-state index contributed by atoms with van der Waals surface area (Å²) >= 11 is 0. The highest BCUT2D eigenvalue weighted by atomic mass is 32.2. The number of benzene rings is 5. The molecule has 256 valence electrons. The van der Waals surface area contributed by atoms with Crippen molar-refractivity contribution >= 4 is 96.1 Å². The van der Waals surface area contributed by atoms with Crippen molar-refractivity contribution in [2.24, 2.45) is 20.5 Å². The Kier molecular flexibility index (Phi) is 8.67. The molecule has 0 spiro atoms. The molecule has 23 heteroatoms. The van der Waals surface area contributed by atoms with Gasteiger partial charge in [-0.25, -0.2) is 0 Å². The van der Waals surface area contributed by atoms with Crippen LogP contribution >= 0.6 is 0 Å². The van der Waals surface area contributed by atoms with E-state index in [0.29, 0.717) is 17.5 Å². The van der Waals surface area contributed by atoms with Crippen LogP contribution < -0.4 is 11.5 Å². The maximum Gasteiger partial charge on any atom is 0.297 e. The molecule has 5 aromatic rings. The minimum absolute atomic E-state index is 0.00524. The molecule has 0 heterocycles. The first kappa shape index (κ1) is 35.2. The second kappa shape index (κ2) is 12.1. The van der Waals surface area contributed by atoms with E-state index in [0.717, 1.165) is 24.3 Å². The summed E-state index contributed by atoms with van der Waals surface area (Å²) in [6, 6.07) is 12.4. The minimum atomic E-state index is -5.33. The molecule has 0 saturated carbocycles. The van der Waals surface area contributed by atoms with E-state index < -0.39 is 105 Å². The summed E-state index contributed by atoms with van der Waals surface area (Å²) in [5, 5.41) is 25.0. The molecule has 5 rings (SSSR count). The van der Waals surface area contributed by atoms with Crippen molar-refractivity contribution in [1.29, 1.82) is 0 Å². The molecule has 0 fully saturated rings.